The number of likely N-dealkylation sites (tertiary alicyclic amines) is 1. The van der Waals surface area contributed by atoms with Gasteiger partial charge in [-0.05, 0) is 42.5 Å². The Labute approximate surface area is 111 Å². The van der Waals surface area contributed by atoms with E-state index in [4.69, 9.17) is 0 Å². The van der Waals surface area contributed by atoms with E-state index in [9.17, 15) is 4.39 Å². The summed E-state index contributed by atoms with van der Waals surface area (Å²) in [5.74, 6) is -0.181. The van der Waals surface area contributed by atoms with E-state index in [0.29, 0.717) is 5.41 Å². The summed E-state index contributed by atoms with van der Waals surface area (Å²) in [5, 5.41) is 0. The molecule has 0 unspecified atom stereocenters. The fourth-order valence-corrected chi connectivity index (χ4v) is 3.05. The second-order valence-electron chi connectivity index (χ2n) is 5.71. The predicted molar refractivity (Wildman–Crippen MR) is 72.4 cm³/mol. The van der Waals surface area contributed by atoms with E-state index in [1.54, 1.807) is 6.07 Å². The third-order valence-electron chi connectivity index (χ3n) is 3.39. The van der Waals surface area contributed by atoms with Gasteiger partial charge in [-0.2, -0.15) is 0 Å². The molecule has 0 aromatic heterocycles. The van der Waals surface area contributed by atoms with Gasteiger partial charge in [-0.3, -0.25) is 4.90 Å². The maximum absolute atomic E-state index is 13.0. The van der Waals surface area contributed by atoms with E-state index in [1.807, 2.05) is 6.07 Å². The van der Waals surface area contributed by atoms with Crippen LogP contribution in [-0.2, 0) is 6.54 Å². The highest BCUT2D eigenvalue weighted by Gasteiger charge is 2.26. The molecule has 0 radical (unpaired) electrons. The first-order valence-electron chi connectivity index (χ1n) is 6.13. The van der Waals surface area contributed by atoms with Gasteiger partial charge in [0.25, 0.3) is 0 Å². The molecule has 0 amide bonds. The van der Waals surface area contributed by atoms with Gasteiger partial charge in [0.15, 0.2) is 0 Å². The molecular formula is C14H19BrFN. The summed E-state index contributed by atoms with van der Waals surface area (Å²) >= 11 is 3.44. The van der Waals surface area contributed by atoms with E-state index in [2.05, 4.69) is 34.7 Å². The van der Waals surface area contributed by atoms with Crippen LogP contribution in [0.4, 0.5) is 4.39 Å². The lowest BCUT2D eigenvalue weighted by Gasteiger charge is -2.38. The van der Waals surface area contributed by atoms with Crippen LogP contribution in [0, 0.1) is 11.2 Å². The lowest BCUT2D eigenvalue weighted by atomic mass is 9.84. The molecule has 1 nitrogen and oxygen atoms in total. The molecule has 0 atom stereocenters. The third kappa shape index (κ3) is 3.52. The first-order chi connectivity index (χ1) is 7.96. The fourth-order valence-electron chi connectivity index (χ4n) is 2.57. The second kappa shape index (κ2) is 5.07. The smallest absolute Gasteiger partial charge is 0.124 e. The van der Waals surface area contributed by atoms with E-state index in [1.165, 1.54) is 24.5 Å². The minimum Gasteiger partial charge on any atom is -0.299 e. The quantitative estimate of drug-likeness (QED) is 0.791. The van der Waals surface area contributed by atoms with Gasteiger partial charge in [0, 0.05) is 17.6 Å². The zero-order valence-electron chi connectivity index (χ0n) is 10.5. The van der Waals surface area contributed by atoms with Crippen molar-refractivity contribution in [3.05, 3.63) is 34.1 Å². The molecule has 1 heterocycles. The van der Waals surface area contributed by atoms with Crippen LogP contribution in [0.2, 0.25) is 0 Å². The van der Waals surface area contributed by atoms with Crippen molar-refractivity contribution in [2.45, 2.75) is 33.2 Å². The summed E-state index contributed by atoms with van der Waals surface area (Å²) in [6.45, 7) is 7.81. The van der Waals surface area contributed by atoms with Gasteiger partial charge in [-0.1, -0.05) is 35.8 Å². The number of piperidine rings is 1. The zero-order chi connectivity index (χ0) is 12.5. The monoisotopic (exact) mass is 299 g/mol. The molecule has 17 heavy (non-hydrogen) atoms. The molecule has 1 aliphatic heterocycles. The summed E-state index contributed by atoms with van der Waals surface area (Å²) in [4.78, 5) is 2.46. The molecule has 2 rings (SSSR count). The van der Waals surface area contributed by atoms with Crippen molar-refractivity contribution in [1.82, 2.24) is 4.90 Å². The van der Waals surface area contributed by atoms with Gasteiger partial charge in [0.2, 0.25) is 0 Å². The van der Waals surface area contributed by atoms with Crippen molar-refractivity contribution in [1.29, 1.82) is 0 Å². The highest BCUT2D eigenvalue weighted by molar-refractivity contribution is 9.10. The molecule has 0 aliphatic carbocycles. The van der Waals surface area contributed by atoms with Crippen molar-refractivity contribution in [2.24, 2.45) is 5.41 Å². The van der Waals surface area contributed by atoms with Crippen LogP contribution in [0.5, 0.6) is 0 Å². The van der Waals surface area contributed by atoms with Crippen molar-refractivity contribution >= 4 is 15.9 Å². The van der Waals surface area contributed by atoms with Crippen LogP contribution >= 0.6 is 15.9 Å². The maximum Gasteiger partial charge on any atom is 0.124 e. The lowest BCUT2D eigenvalue weighted by Crippen LogP contribution is -2.39. The average Bonchev–Trinajstić information content (AvgIpc) is 2.21. The summed E-state index contributed by atoms with van der Waals surface area (Å²) in [6.07, 6.45) is 2.56. The fraction of sp³-hybridized carbons (Fsp3) is 0.571. The Balaban J connectivity index is 2.05. The van der Waals surface area contributed by atoms with E-state index >= 15 is 0 Å². The SMILES string of the molecule is CC1(C)CCCN(Cc2ccc(F)cc2Br)C1. The van der Waals surface area contributed by atoms with Crippen LogP contribution in [0.3, 0.4) is 0 Å². The standard InChI is InChI=1S/C14H19BrFN/c1-14(2)6-3-7-17(10-14)9-11-4-5-12(16)8-13(11)15/h4-5,8H,3,6-7,9-10H2,1-2H3. The van der Waals surface area contributed by atoms with E-state index in [-0.39, 0.29) is 5.82 Å². The Kier molecular flexibility index (Phi) is 3.88. The molecule has 1 aromatic rings. The number of halogens is 2. The average molecular weight is 300 g/mol. The molecule has 1 fully saturated rings. The topological polar surface area (TPSA) is 3.24 Å². The molecule has 3 heteroatoms. The third-order valence-corrected chi connectivity index (χ3v) is 4.13. The second-order valence-corrected chi connectivity index (χ2v) is 6.57. The van der Waals surface area contributed by atoms with Crippen LogP contribution < -0.4 is 0 Å². The first-order valence-corrected chi connectivity index (χ1v) is 6.92. The summed E-state index contributed by atoms with van der Waals surface area (Å²) in [5.41, 5.74) is 1.58. The van der Waals surface area contributed by atoms with Gasteiger partial charge in [0.05, 0.1) is 0 Å². The molecule has 0 bridgehead atoms. The van der Waals surface area contributed by atoms with Gasteiger partial charge in [0.1, 0.15) is 5.82 Å². The number of hydrogen-bond donors (Lipinski definition) is 0. The number of hydrogen-bond acceptors (Lipinski definition) is 1. The van der Waals surface area contributed by atoms with E-state index < -0.39 is 0 Å². The van der Waals surface area contributed by atoms with Crippen LogP contribution in [0.1, 0.15) is 32.3 Å². The minimum absolute atomic E-state index is 0.181. The van der Waals surface area contributed by atoms with Gasteiger partial charge >= 0.3 is 0 Å². The highest BCUT2D eigenvalue weighted by atomic mass is 79.9. The summed E-state index contributed by atoms with van der Waals surface area (Å²) in [7, 11) is 0. The van der Waals surface area contributed by atoms with Crippen LogP contribution in [-0.4, -0.2) is 18.0 Å². The number of benzene rings is 1. The van der Waals surface area contributed by atoms with Crippen LogP contribution in [0.25, 0.3) is 0 Å². The molecule has 0 N–H and O–H groups in total. The van der Waals surface area contributed by atoms with Gasteiger partial charge in [-0.15, -0.1) is 0 Å². The number of rotatable bonds is 2. The Morgan fingerprint density at radius 2 is 2.18 bits per heavy atom. The lowest BCUT2D eigenvalue weighted by molar-refractivity contribution is 0.111. The van der Waals surface area contributed by atoms with Gasteiger partial charge in [-0.25, -0.2) is 4.39 Å². The Morgan fingerprint density at radius 3 is 2.82 bits per heavy atom. The summed E-state index contributed by atoms with van der Waals surface area (Å²) in [6, 6.07) is 4.96. The zero-order valence-corrected chi connectivity index (χ0v) is 12.1. The normalized spacial score (nSPS) is 20.5. The van der Waals surface area contributed by atoms with Crippen molar-refractivity contribution < 1.29 is 4.39 Å². The highest BCUT2D eigenvalue weighted by Crippen LogP contribution is 2.30. The molecule has 1 saturated heterocycles. The molecular weight excluding hydrogens is 281 g/mol. The maximum atomic E-state index is 13.0. The van der Waals surface area contributed by atoms with Crippen molar-refractivity contribution in [3.63, 3.8) is 0 Å². The molecule has 0 spiro atoms. The molecule has 1 aliphatic rings. The Bertz CT molecular complexity index is 403. The number of nitrogens with zero attached hydrogens (tertiary/aromatic N) is 1. The Hall–Kier alpha value is -0.410. The Morgan fingerprint density at radius 1 is 1.41 bits per heavy atom. The first kappa shape index (κ1) is 13.0. The summed E-state index contributed by atoms with van der Waals surface area (Å²) < 4.78 is 13.9. The van der Waals surface area contributed by atoms with E-state index in [0.717, 1.165) is 24.1 Å². The molecule has 94 valence electrons. The minimum atomic E-state index is -0.181. The predicted octanol–water partition coefficient (Wildman–Crippen LogP) is 4.21. The molecule has 1 aromatic carbocycles. The largest absolute Gasteiger partial charge is 0.299 e. The van der Waals surface area contributed by atoms with Crippen molar-refractivity contribution in [3.8, 4) is 0 Å². The van der Waals surface area contributed by atoms with Gasteiger partial charge < -0.3 is 0 Å². The molecule has 0 saturated carbocycles. The van der Waals surface area contributed by atoms with Crippen LogP contribution in [0.15, 0.2) is 22.7 Å². The van der Waals surface area contributed by atoms with Crippen molar-refractivity contribution in [2.75, 3.05) is 13.1 Å².